The normalized spacial score (nSPS) is 13.6. The van der Waals surface area contributed by atoms with Crippen LogP contribution in [0.1, 0.15) is 36.7 Å². The molecule has 0 fully saturated rings. The fourth-order valence-corrected chi connectivity index (χ4v) is 2.27. The number of benzene rings is 1. The number of ether oxygens (including phenoxy) is 1. The molecule has 0 bridgehead atoms. The van der Waals surface area contributed by atoms with Crippen molar-refractivity contribution in [3.63, 3.8) is 0 Å². The summed E-state index contributed by atoms with van der Waals surface area (Å²) in [5.41, 5.74) is 1.55. The van der Waals surface area contributed by atoms with Crippen molar-refractivity contribution in [2.75, 3.05) is 13.7 Å². The number of rotatable bonds is 7. The molecule has 5 heteroatoms. The van der Waals surface area contributed by atoms with Gasteiger partial charge < -0.3 is 15.2 Å². The van der Waals surface area contributed by atoms with Gasteiger partial charge in [-0.1, -0.05) is 19.1 Å². The third-order valence-corrected chi connectivity index (χ3v) is 3.55. The van der Waals surface area contributed by atoms with Crippen LogP contribution in [0.5, 0.6) is 5.75 Å². The van der Waals surface area contributed by atoms with Crippen LogP contribution in [0.2, 0.25) is 0 Å². The maximum atomic E-state index is 12.9. The molecule has 0 aliphatic rings. The summed E-state index contributed by atoms with van der Waals surface area (Å²) in [4.78, 5) is 4.09. The molecule has 0 amide bonds. The van der Waals surface area contributed by atoms with Crippen molar-refractivity contribution < 1.29 is 14.2 Å². The molecule has 1 aromatic heterocycles. The maximum absolute atomic E-state index is 12.9. The lowest BCUT2D eigenvalue weighted by Gasteiger charge is -2.19. The van der Waals surface area contributed by atoms with Gasteiger partial charge >= 0.3 is 0 Å². The van der Waals surface area contributed by atoms with Gasteiger partial charge in [-0.2, -0.15) is 0 Å². The number of hydrogen-bond acceptors (Lipinski definition) is 4. The third kappa shape index (κ3) is 4.26. The second kappa shape index (κ2) is 7.87. The highest BCUT2D eigenvalue weighted by Crippen LogP contribution is 2.20. The molecular formula is C17H21FN2O2. The Morgan fingerprint density at radius 2 is 2.14 bits per heavy atom. The number of nitrogens with one attached hydrogen (secondary N) is 1. The highest BCUT2D eigenvalue weighted by atomic mass is 19.1. The minimum absolute atomic E-state index is 0.0270. The molecule has 2 unspecified atom stereocenters. The summed E-state index contributed by atoms with van der Waals surface area (Å²) in [6.45, 7) is 2.39. The van der Waals surface area contributed by atoms with Crippen LogP contribution in [0.15, 0.2) is 42.6 Å². The molecule has 4 nitrogen and oxygen atoms in total. The zero-order chi connectivity index (χ0) is 15.9. The molecule has 1 heterocycles. The Morgan fingerprint density at radius 1 is 1.32 bits per heavy atom. The van der Waals surface area contributed by atoms with Crippen molar-refractivity contribution in [1.82, 2.24) is 10.3 Å². The van der Waals surface area contributed by atoms with E-state index in [9.17, 15) is 9.50 Å². The van der Waals surface area contributed by atoms with Crippen molar-refractivity contribution in [2.45, 2.75) is 25.5 Å². The first-order valence-electron chi connectivity index (χ1n) is 7.31. The standard InChI is InChI=1S/C17H21FN2O2/c1-3-15(16-8-7-13(18)10-19-16)20-11-17(21)12-5-4-6-14(9-12)22-2/h4-10,15,17,20-21H,3,11H2,1-2H3. The average molecular weight is 304 g/mol. The molecule has 22 heavy (non-hydrogen) atoms. The van der Waals surface area contributed by atoms with Gasteiger partial charge in [-0.15, -0.1) is 0 Å². The number of aliphatic hydroxyl groups is 1. The van der Waals surface area contributed by atoms with Gasteiger partial charge in [0, 0.05) is 12.6 Å². The number of aromatic nitrogens is 1. The van der Waals surface area contributed by atoms with E-state index in [0.717, 1.165) is 17.7 Å². The van der Waals surface area contributed by atoms with Crippen molar-refractivity contribution in [3.05, 3.63) is 59.7 Å². The summed E-state index contributed by atoms with van der Waals surface area (Å²) in [5, 5.41) is 13.5. The fourth-order valence-electron chi connectivity index (χ4n) is 2.27. The predicted molar refractivity (Wildman–Crippen MR) is 83.2 cm³/mol. The summed E-state index contributed by atoms with van der Waals surface area (Å²) >= 11 is 0. The van der Waals surface area contributed by atoms with E-state index in [4.69, 9.17) is 4.74 Å². The Hall–Kier alpha value is -1.98. The van der Waals surface area contributed by atoms with E-state index in [1.807, 2.05) is 31.2 Å². The van der Waals surface area contributed by atoms with Crippen molar-refractivity contribution in [1.29, 1.82) is 0 Å². The SMILES string of the molecule is CCC(NCC(O)c1cccc(OC)c1)c1ccc(F)cn1. The van der Waals surface area contributed by atoms with Crippen LogP contribution in [-0.4, -0.2) is 23.7 Å². The number of methoxy groups -OCH3 is 1. The van der Waals surface area contributed by atoms with Gasteiger partial charge in [-0.3, -0.25) is 4.98 Å². The summed E-state index contributed by atoms with van der Waals surface area (Å²) in [5.74, 6) is 0.360. The second-order valence-corrected chi connectivity index (χ2v) is 5.06. The first-order chi connectivity index (χ1) is 10.6. The quantitative estimate of drug-likeness (QED) is 0.825. The molecule has 2 rings (SSSR count). The molecule has 0 aliphatic heterocycles. The topological polar surface area (TPSA) is 54.4 Å². The van der Waals surface area contributed by atoms with Gasteiger partial charge in [0.25, 0.3) is 0 Å². The number of aliphatic hydroxyl groups excluding tert-OH is 1. The molecular weight excluding hydrogens is 283 g/mol. The van der Waals surface area contributed by atoms with Gasteiger partial charge in [0.15, 0.2) is 0 Å². The molecule has 0 aliphatic carbocycles. The molecule has 0 saturated heterocycles. The van der Waals surface area contributed by atoms with E-state index in [1.165, 1.54) is 12.3 Å². The minimum atomic E-state index is -0.649. The van der Waals surface area contributed by atoms with E-state index in [0.29, 0.717) is 12.3 Å². The zero-order valence-corrected chi connectivity index (χ0v) is 12.8. The predicted octanol–water partition coefficient (Wildman–Crippen LogP) is 3.00. The minimum Gasteiger partial charge on any atom is -0.497 e. The highest BCUT2D eigenvalue weighted by molar-refractivity contribution is 5.30. The lowest BCUT2D eigenvalue weighted by Crippen LogP contribution is -2.26. The van der Waals surface area contributed by atoms with Crippen molar-refractivity contribution in [3.8, 4) is 5.75 Å². The smallest absolute Gasteiger partial charge is 0.141 e. The number of halogens is 1. The first kappa shape index (κ1) is 16.4. The van der Waals surface area contributed by atoms with Gasteiger partial charge in [0.05, 0.1) is 25.1 Å². The molecule has 2 aromatic rings. The number of hydrogen-bond donors (Lipinski definition) is 2. The Balaban J connectivity index is 1.98. The highest BCUT2D eigenvalue weighted by Gasteiger charge is 2.14. The van der Waals surface area contributed by atoms with Gasteiger partial charge in [-0.25, -0.2) is 4.39 Å². The largest absolute Gasteiger partial charge is 0.497 e. The van der Waals surface area contributed by atoms with Gasteiger partial charge in [0.1, 0.15) is 11.6 Å². The molecule has 118 valence electrons. The van der Waals surface area contributed by atoms with Crippen LogP contribution >= 0.6 is 0 Å². The average Bonchev–Trinajstić information content (AvgIpc) is 2.56. The first-order valence-corrected chi connectivity index (χ1v) is 7.31. The van der Waals surface area contributed by atoms with E-state index < -0.39 is 6.10 Å². The molecule has 0 spiro atoms. The Morgan fingerprint density at radius 3 is 2.77 bits per heavy atom. The Kier molecular flexibility index (Phi) is 5.86. The van der Waals surface area contributed by atoms with Gasteiger partial charge in [-0.05, 0) is 36.2 Å². The van der Waals surface area contributed by atoms with E-state index in [2.05, 4.69) is 10.3 Å². The second-order valence-electron chi connectivity index (χ2n) is 5.06. The molecule has 0 radical (unpaired) electrons. The van der Waals surface area contributed by atoms with Crippen LogP contribution in [0.4, 0.5) is 4.39 Å². The van der Waals surface area contributed by atoms with E-state index in [-0.39, 0.29) is 11.9 Å². The van der Waals surface area contributed by atoms with Gasteiger partial charge in [0.2, 0.25) is 0 Å². The van der Waals surface area contributed by atoms with Crippen molar-refractivity contribution >= 4 is 0 Å². The van der Waals surface area contributed by atoms with Crippen LogP contribution in [0.3, 0.4) is 0 Å². The fraction of sp³-hybridized carbons (Fsp3) is 0.353. The Bertz CT molecular complexity index is 589. The third-order valence-electron chi connectivity index (χ3n) is 3.55. The molecule has 1 aromatic carbocycles. The molecule has 2 atom stereocenters. The van der Waals surface area contributed by atoms with Crippen LogP contribution in [-0.2, 0) is 0 Å². The zero-order valence-electron chi connectivity index (χ0n) is 12.8. The lowest BCUT2D eigenvalue weighted by atomic mass is 10.1. The summed E-state index contributed by atoms with van der Waals surface area (Å²) in [7, 11) is 1.59. The van der Waals surface area contributed by atoms with Crippen molar-refractivity contribution in [2.24, 2.45) is 0 Å². The lowest BCUT2D eigenvalue weighted by molar-refractivity contribution is 0.168. The van der Waals surface area contributed by atoms with Crippen LogP contribution < -0.4 is 10.1 Å². The van der Waals surface area contributed by atoms with E-state index in [1.54, 1.807) is 13.2 Å². The molecule has 2 N–H and O–H groups in total. The Labute approximate surface area is 130 Å². The van der Waals surface area contributed by atoms with Crippen LogP contribution in [0.25, 0.3) is 0 Å². The summed E-state index contributed by atoms with van der Waals surface area (Å²) in [6, 6.07) is 10.4. The summed E-state index contributed by atoms with van der Waals surface area (Å²) < 4.78 is 18.1. The number of pyridine rings is 1. The summed E-state index contributed by atoms with van der Waals surface area (Å²) in [6.07, 6.45) is 1.35. The molecule has 0 saturated carbocycles. The maximum Gasteiger partial charge on any atom is 0.141 e. The van der Waals surface area contributed by atoms with E-state index >= 15 is 0 Å². The number of nitrogens with zero attached hydrogens (tertiary/aromatic N) is 1. The van der Waals surface area contributed by atoms with Crippen LogP contribution in [0, 0.1) is 5.82 Å². The monoisotopic (exact) mass is 304 g/mol.